The summed E-state index contributed by atoms with van der Waals surface area (Å²) in [6.07, 6.45) is 3.58. The minimum absolute atomic E-state index is 0.111. The molecule has 1 atom stereocenters. The van der Waals surface area contributed by atoms with Crippen LogP contribution in [0, 0.1) is 0 Å². The van der Waals surface area contributed by atoms with Crippen molar-refractivity contribution in [3.63, 3.8) is 0 Å². The van der Waals surface area contributed by atoms with E-state index in [2.05, 4.69) is 33.3 Å². The largest absolute Gasteiger partial charge is 0.324 e. The lowest BCUT2D eigenvalue weighted by molar-refractivity contribution is 0.798. The van der Waals surface area contributed by atoms with Crippen LogP contribution in [0.5, 0.6) is 0 Å². The van der Waals surface area contributed by atoms with Crippen molar-refractivity contribution in [2.45, 2.75) is 13.0 Å². The monoisotopic (exact) mass is 295 g/mol. The number of hydrogen-bond acceptors (Lipinski definition) is 5. The molecule has 5 nitrogen and oxygen atoms in total. The van der Waals surface area contributed by atoms with Gasteiger partial charge in [-0.2, -0.15) is 5.10 Å². The number of hydrogen-bond donors (Lipinski definition) is 1. The lowest BCUT2D eigenvalue weighted by Crippen LogP contribution is -2.10. The minimum Gasteiger partial charge on any atom is -0.324 e. The fraction of sp³-hybridized carbons (Fsp3) is 0.133. The van der Waals surface area contributed by atoms with Crippen LogP contribution in [0.1, 0.15) is 18.5 Å². The topological polar surface area (TPSA) is 69.1 Å². The summed E-state index contributed by atoms with van der Waals surface area (Å²) in [5.74, 6) is 0. The Labute approximate surface area is 125 Å². The molecule has 104 valence electrons. The predicted molar refractivity (Wildman–Crippen MR) is 84.2 cm³/mol. The molecule has 0 unspecified atom stereocenters. The second-order valence-electron chi connectivity index (χ2n) is 5.00. The van der Waals surface area contributed by atoms with Gasteiger partial charge >= 0.3 is 0 Å². The molecule has 21 heavy (non-hydrogen) atoms. The maximum Gasteiger partial charge on any atom is 0.153 e. The van der Waals surface area contributed by atoms with Crippen LogP contribution in [0.2, 0.25) is 0 Å². The fourth-order valence-electron chi connectivity index (χ4n) is 2.45. The molecule has 0 amide bonds. The highest BCUT2D eigenvalue weighted by atomic mass is 32.1. The van der Waals surface area contributed by atoms with E-state index in [1.165, 1.54) is 4.70 Å². The van der Waals surface area contributed by atoms with Crippen molar-refractivity contribution >= 4 is 27.2 Å². The van der Waals surface area contributed by atoms with Crippen molar-refractivity contribution in [3.05, 3.63) is 47.7 Å². The smallest absolute Gasteiger partial charge is 0.153 e. The van der Waals surface area contributed by atoms with E-state index in [4.69, 9.17) is 5.73 Å². The van der Waals surface area contributed by atoms with Gasteiger partial charge < -0.3 is 5.73 Å². The number of nitrogens with two attached hydrogens (primary N) is 1. The molecular weight excluding hydrogens is 282 g/mol. The molecule has 0 saturated carbocycles. The van der Waals surface area contributed by atoms with E-state index in [0.717, 1.165) is 28.0 Å². The van der Waals surface area contributed by atoms with E-state index in [0.29, 0.717) is 0 Å². The van der Waals surface area contributed by atoms with Gasteiger partial charge in [0, 0.05) is 29.6 Å². The van der Waals surface area contributed by atoms with Gasteiger partial charge in [-0.15, -0.1) is 11.3 Å². The number of imidazole rings is 1. The van der Waals surface area contributed by atoms with Gasteiger partial charge in [-0.25, -0.2) is 14.5 Å². The zero-order chi connectivity index (χ0) is 14.4. The standard InChI is InChI=1S/C15H13N5S/c1-9(16)11-7-14-17-4-5-20(14)19-15(11)10-2-3-13-12(6-10)18-8-21-13/h2-9H,16H2,1H3/t9-/m0/s1. The fourth-order valence-corrected chi connectivity index (χ4v) is 3.10. The maximum absolute atomic E-state index is 6.11. The van der Waals surface area contributed by atoms with Gasteiger partial charge in [-0.05, 0) is 25.1 Å². The Hall–Kier alpha value is -2.31. The molecule has 4 rings (SSSR count). The van der Waals surface area contributed by atoms with E-state index in [1.807, 2.05) is 24.7 Å². The lowest BCUT2D eigenvalue weighted by atomic mass is 10.0. The van der Waals surface area contributed by atoms with Crippen molar-refractivity contribution < 1.29 is 0 Å². The Balaban J connectivity index is 2.00. The molecule has 2 N–H and O–H groups in total. The average Bonchev–Trinajstić information content (AvgIpc) is 3.13. The predicted octanol–water partition coefficient (Wildman–Crippen LogP) is 3.03. The lowest BCUT2D eigenvalue weighted by Gasteiger charge is -2.12. The quantitative estimate of drug-likeness (QED) is 0.617. The third-order valence-electron chi connectivity index (χ3n) is 3.51. The van der Waals surface area contributed by atoms with E-state index in [1.54, 1.807) is 22.0 Å². The minimum atomic E-state index is -0.111. The van der Waals surface area contributed by atoms with Crippen molar-refractivity contribution in [2.75, 3.05) is 0 Å². The summed E-state index contributed by atoms with van der Waals surface area (Å²) < 4.78 is 2.94. The second kappa shape index (κ2) is 4.61. The number of thiazole rings is 1. The van der Waals surface area contributed by atoms with Crippen LogP contribution in [-0.4, -0.2) is 19.6 Å². The molecule has 0 aliphatic rings. The Bertz CT molecular complexity index is 937. The first-order valence-electron chi connectivity index (χ1n) is 6.66. The number of aromatic nitrogens is 4. The average molecular weight is 295 g/mol. The van der Waals surface area contributed by atoms with Gasteiger partial charge in [-0.3, -0.25) is 0 Å². The first-order chi connectivity index (χ1) is 10.2. The highest BCUT2D eigenvalue weighted by Gasteiger charge is 2.14. The molecular formula is C15H13N5S. The van der Waals surface area contributed by atoms with Crippen molar-refractivity contribution in [3.8, 4) is 11.3 Å². The molecule has 0 aliphatic carbocycles. The molecule has 0 saturated heterocycles. The van der Waals surface area contributed by atoms with Crippen molar-refractivity contribution in [2.24, 2.45) is 5.73 Å². The Morgan fingerprint density at radius 1 is 1.24 bits per heavy atom. The normalized spacial score (nSPS) is 13.0. The molecule has 0 bridgehead atoms. The molecule has 4 aromatic rings. The van der Waals surface area contributed by atoms with Crippen LogP contribution >= 0.6 is 11.3 Å². The summed E-state index contributed by atoms with van der Waals surface area (Å²) in [4.78, 5) is 8.64. The molecule has 0 radical (unpaired) electrons. The van der Waals surface area contributed by atoms with Crippen LogP contribution in [0.4, 0.5) is 0 Å². The Morgan fingerprint density at radius 2 is 2.14 bits per heavy atom. The molecule has 0 aliphatic heterocycles. The van der Waals surface area contributed by atoms with Crippen molar-refractivity contribution in [1.29, 1.82) is 0 Å². The highest BCUT2D eigenvalue weighted by Crippen LogP contribution is 2.29. The van der Waals surface area contributed by atoms with Gasteiger partial charge in [0.25, 0.3) is 0 Å². The number of benzene rings is 1. The van der Waals surface area contributed by atoms with Gasteiger partial charge in [-0.1, -0.05) is 6.07 Å². The second-order valence-corrected chi connectivity index (χ2v) is 5.89. The zero-order valence-electron chi connectivity index (χ0n) is 11.4. The van der Waals surface area contributed by atoms with Gasteiger partial charge in [0.05, 0.1) is 21.4 Å². The van der Waals surface area contributed by atoms with Crippen molar-refractivity contribution in [1.82, 2.24) is 19.6 Å². The molecule has 0 fully saturated rings. The summed E-state index contributed by atoms with van der Waals surface area (Å²) in [7, 11) is 0. The van der Waals surface area contributed by atoms with Crippen LogP contribution < -0.4 is 5.73 Å². The van der Waals surface area contributed by atoms with Crippen LogP contribution in [0.3, 0.4) is 0 Å². The summed E-state index contributed by atoms with van der Waals surface area (Å²) in [5, 5.41) is 4.67. The molecule has 3 aromatic heterocycles. The molecule has 0 spiro atoms. The van der Waals surface area contributed by atoms with Crippen LogP contribution in [-0.2, 0) is 0 Å². The van der Waals surface area contributed by atoms with E-state index < -0.39 is 0 Å². The summed E-state index contributed by atoms with van der Waals surface area (Å²) in [6, 6.07) is 8.09. The zero-order valence-corrected chi connectivity index (χ0v) is 12.2. The molecule has 6 heteroatoms. The van der Waals surface area contributed by atoms with Gasteiger partial charge in [0.1, 0.15) is 0 Å². The third-order valence-corrected chi connectivity index (χ3v) is 4.32. The van der Waals surface area contributed by atoms with Crippen LogP contribution in [0.25, 0.3) is 27.1 Å². The number of nitrogens with zero attached hydrogens (tertiary/aromatic N) is 4. The SMILES string of the molecule is C[C@H](N)c1cc2nccn2nc1-c1ccc2scnc2c1. The Kier molecular flexibility index (Phi) is 2.73. The Morgan fingerprint density at radius 3 is 3.00 bits per heavy atom. The van der Waals surface area contributed by atoms with Gasteiger partial charge in [0.2, 0.25) is 0 Å². The van der Waals surface area contributed by atoms with Crippen LogP contribution in [0.15, 0.2) is 42.2 Å². The highest BCUT2D eigenvalue weighted by molar-refractivity contribution is 7.16. The number of fused-ring (bicyclic) bond motifs is 2. The first kappa shape index (κ1) is 12.4. The van der Waals surface area contributed by atoms with E-state index >= 15 is 0 Å². The first-order valence-corrected chi connectivity index (χ1v) is 7.54. The molecule has 1 aromatic carbocycles. The maximum atomic E-state index is 6.11. The molecule has 3 heterocycles. The van der Waals surface area contributed by atoms with Gasteiger partial charge in [0.15, 0.2) is 5.65 Å². The summed E-state index contributed by atoms with van der Waals surface area (Å²) in [6.45, 7) is 1.96. The number of rotatable bonds is 2. The summed E-state index contributed by atoms with van der Waals surface area (Å²) in [5.41, 5.74) is 12.7. The summed E-state index contributed by atoms with van der Waals surface area (Å²) >= 11 is 1.63. The van der Waals surface area contributed by atoms with E-state index in [-0.39, 0.29) is 6.04 Å². The third kappa shape index (κ3) is 2.00. The van der Waals surface area contributed by atoms with E-state index in [9.17, 15) is 0 Å².